The lowest BCUT2D eigenvalue weighted by atomic mass is 10.3. The molecule has 0 bridgehead atoms. The molecule has 0 aromatic heterocycles. The van der Waals surface area contributed by atoms with E-state index in [1.165, 1.54) is 0 Å². The third kappa shape index (κ3) is 3.29. The van der Waals surface area contributed by atoms with Gasteiger partial charge in [-0.3, -0.25) is 0 Å². The Balaban J connectivity index is 3.61. The Hall–Kier alpha value is -0.770. The molecule has 3 N–H and O–H groups in total. The number of carbonyl (C=O) groups excluding carboxylic acids is 1. The van der Waals surface area contributed by atoms with Crippen LogP contribution in [0.5, 0.6) is 0 Å². The van der Waals surface area contributed by atoms with Crippen molar-refractivity contribution in [2.24, 2.45) is 5.73 Å². The topological polar surface area (TPSA) is 58.4 Å². The van der Waals surface area contributed by atoms with Crippen molar-refractivity contribution < 1.29 is 4.79 Å². The minimum Gasteiger partial charge on any atom is -0.341 e. The van der Waals surface area contributed by atoms with Gasteiger partial charge < -0.3 is 16.0 Å². The number of hydrogen-bond donors (Lipinski definition) is 2. The fourth-order valence-corrected chi connectivity index (χ4v) is 0.706. The predicted octanol–water partition coefficient (Wildman–Crippen LogP) is -0.395. The Bertz CT molecular complexity index is 114. The van der Waals surface area contributed by atoms with E-state index < -0.39 is 0 Å². The molecule has 0 aromatic rings. The molecule has 0 rings (SSSR count). The van der Waals surface area contributed by atoms with Crippen molar-refractivity contribution in [2.45, 2.75) is 13.0 Å². The number of nitrogens with zero attached hydrogens (tertiary/aromatic N) is 1. The van der Waals surface area contributed by atoms with Gasteiger partial charge in [0.05, 0.1) is 0 Å². The van der Waals surface area contributed by atoms with Gasteiger partial charge in [0.2, 0.25) is 0 Å². The number of hydrogen-bond acceptors (Lipinski definition) is 2. The van der Waals surface area contributed by atoms with Gasteiger partial charge in [-0.1, -0.05) is 0 Å². The summed E-state index contributed by atoms with van der Waals surface area (Å²) in [6.45, 7) is 2.44. The first-order valence-corrected chi connectivity index (χ1v) is 3.26. The highest BCUT2D eigenvalue weighted by atomic mass is 16.2. The minimum atomic E-state index is -0.0997. The second kappa shape index (κ2) is 4.11. The average Bonchev–Trinajstić information content (AvgIpc) is 1.85. The van der Waals surface area contributed by atoms with E-state index in [4.69, 9.17) is 5.73 Å². The van der Waals surface area contributed by atoms with Crippen LogP contribution < -0.4 is 11.1 Å². The van der Waals surface area contributed by atoms with Crippen molar-refractivity contribution in [3.63, 3.8) is 0 Å². The summed E-state index contributed by atoms with van der Waals surface area (Å²) < 4.78 is 0. The fraction of sp³-hybridized carbons (Fsp3) is 0.833. The molecule has 0 aromatic carbocycles. The number of nitrogens with one attached hydrogen (secondary N) is 1. The molecule has 60 valence electrons. The standard InChI is InChI=1S/C6H15N3O/c1-5(7)4-9(3)6(10)8-2/h5H,4,7H2,1-3H3,(H,8,10). The third-order valence-electron chi connectivity index (χ3n) is 1.12. The lowest BCUT2D eigenvalue weighted by Crippen LogP contribution is -2.41. The van der Waals surface area contributed by atoms with Gasteiger partial charge >= 0.3 is 6.03 Å². The summed E-state index contributed by atoms with van der Waals surface area (Å²) >= 11 is 0. The van der Waals surface area contributed by atoms with Gasteiger partial charge in [-0.2, -0.15) is 0 Å². The molecule has 10 heavy (non-hydrogen) atoms. The SMILES string of the molecule is CNC(=O)N(C)CC(C)N. The highest BCUT2D eigenvalue weighted by molar-refractivity contribution is 5.73. The highest BCUT2D eigenvalue weighted by Crippen LogP contribution is 1.85. The quantitative estimate of drug-likeness (QED) is 0.555. The molecule has 1 unspecified atom stereocenters. The summed E-state index contributed by atoms with van der Waals surface area (Å²) in [6, 6.07) is -0.0698. The lowest BCUT2D eigenvalue weighted by Gasteiger charge is -2.18. The van der Waals surface area contributed by atoms with Crippen LogP contribution in [0.3, 0.4) is 0 Å². The Morgan fingerprint density at radius 3 is 2.60 bits per heavy atom. The van der Waals surface area contributed by atoms with E-state index in [0.29, 0.717) is 6.54 Å². The third-order valence-corrected chi connectivity index (χ3v) is 1.12. The van der Waals surface area contributed by atoms with E-state index in [2.05, 4.69) is 5.32 Å². The first kappa shape index (κ1) is 9.23. The molecule has 0 aliphatic rings. The summed E-state index contributed by atoms with van der Waals surface area (Å²) in [5.74, 6) is 0. The van der Waals surface area contributed by atoms with Crippen molar-refractivity contribution in [1.82, 2.24) is 10.2 Å². The van der Waals surface area contributed by atoms with Crippen LogP contribution in [-0.2, 0) is 0 Å². The zero-order valence-corrected chi connectivity index (χ0v) is 6.72. The second-order valence-corrected chi connectivity index (χ2v) is 2.41. The van der Waals surface area contributed by atoms with Gasteiger partial charge in [-0.25, -0.2) is 4.79 Å². The van der Waals surface area contributed by atoms with Crippen molar-refractivity contribution >= 4 is 6.03 Å². The molecule has 4 nitrogen and oxygen atoms in total. The minimum absolute atomic E-state index is 0.0299. The predicted molar refractivity (Wildman–Crippen MR) is 40.7 cm³/mol. The Morgan fingerprint density at radius 1 is 1.80 bits per heavy atom. The lowest BCUT2D eigenvalue weighted by molar-refractivity contribution is 0.209. The summed E-state index contributed by atoms with van der Waals surface area (Å²) in [5.41, 5.74) is 5.46. The summed E-state index contributed by atoms with van der Waals surface area (Å²) in [5, 5.41) is 2.50. The number of urea groups is 1. The summed E-state index contributed by atoms with van der Waals surface area (Å²) in [6.07, 6.45) is 0. The van der Waals surface area contributed by atoms with Gasteiger partial charge in [0.15, 0.2) is 0 Å². The molecule has 1 atom stereocenters. The summed E-state index contributed by atoms with van der Waals surface area (Å²) in [7, 11) is 3.31. The van der Waals surface area contributed by atoms with Crippen LogP contribution in [0.1, 0.15) is 6.92 Å². The molecule has 0 radical (unpaired) electrons. The van der Waals surface area contributed by atoms with Gasteiger partial charge in [0.25, 0.3) is 0 Å². The normalized spacial score (nSPS) is 12.4. The second-order valence-electron chi connectivity index (χ2n) is 2.41. The highest BCUT2D eigenvalue weighted by Gasteiger charge is 2.06. The van der Waals surface area contributed by atoms with Gasteiger partial charge in [0, 0.05) is 26.7 Å². The van der Waals surface area contributed by atoms with Crippen LogP contribution in [0, 0.1) is 0 Å². The number of carbonyl (C=O) groups is 1. The van der Waals surface area contributed by atoms with E-state index >= 15 is 0 Å². The average molecular weight is 145 g/mol. The van der Waals surface area contributed by atoms with Crippen molar-refractivity contribution in [3.05, 3.63) is 0 Å². The first-order chi connectivity index (χ1) is 4.57. The largest absolute Gasteiger partial charge is 0.341 e. The monoisotopic (exact) mass is 145 g/mol. The maximum absolute atomic E-state index is 10.8. The Morgan fingerprint density at radius 2 is 2.30 bits per heavy atom. The molecule has 0 aliphatic carbocycles. The molecule has 0 saturated carbocycles. The van der Waals surface area contributed by atoms with Crippen LogP contribution in [0.15, 0.2) is 0 Å². The van der Waals surface area contributed by atoms with Crippen LogP contribution >= 0.6 is 0 Å². The summed E-state index contributed by atoms with van der Waals surface area (Å²) in [4.78, 5) is 12.4. The number of nitrogens with two attached hydrogens (primary N) is 1. The van der Waals surface area contributed by atoms with E-state index in [0.717, 1.165) is 0 Å². The van der Waals surface area contributed by atoms with Gasteiger partial charge in [-0.15, -0.1) is 0 Å². The van der Waals surface area contributed by atoms with Crippen molar-refractivity contribution in [2.75, 3.05) is 20.6 Å². The molecular weight excluding hydrogens is 130 g/mol. The van der Waals surface area contributed by atoms with Crippen LogP contribution in [0.4, 0.5) is 4.79 Å². The first-order valence-electron chi connectivity index (χ1n) is 3.26. The molecule has 0 spiro atoms. The van der Waals surface area contributed by atoms with E-state index in [9.17, 15) is 4.79 Å². The molecule has 0 saturated heterocycles. The van der Waals surface area contributed by atoms with Gasteiger partial charge in [0.1, 0.15) is 0 Å². The van der Waals surface area contributed by atoms with E-state index in [1.54, 1.807) is 19.0 Å². The molecular formula is C6H15N3O. The molecule has 0 aliphatic heterocycles. The fourth-order valence-electron chi connectivity index (χ4n) is 0.706. The molecule has 4 heteroatoms. The Kier molecular flexibility index (Phi) is 3.79. The van der Waals surface area contributed by atoms with E-state index in [-0.39, 0.29) is 12.1 Å². The molecule has 0 heterocycles. The van der Waals surface area contributed by atoms with Crippen LogP contribution in [0.2, 0.25) is 0 Å². The van der Waals surface area contributed by atoms with Crippen molar-refractivity contribution in [1.29, 1.82) is 0 Å². The maximum Gasteiger partial charge on any atom is 0.316 e. The molecule has 2 amide bonds. The zero-order valence-electron chi connectivity index (χ0n) is 6.72. The van der Waals surface area contributed by atoms with Crippen LogP contribution in [-0.4, -0.2) is 37.6 Å². The number of amides is 2. The van der Waals surface area contributed by atoms with Crippen LogP contribution in [0.25, 0.3) is 0 Å². The Labute approximate surface area is 61.4 Å². The van der Waals surface area contributed by atoms with E-state index in [1.807, 2.05) is 6.92 Å². The number of rotatable bonds is 2. The zero-order chi connectivity index (χ0) is 8.15. The smallest absolute Gasteiger partial charge is 0.316 e. The molecule has 0 fully saturated rings. The van der Waals surface area contributed by atoms with Gasteiger partial charge in [-0.05, 0) is 6.92 Å². The maximum atomic E-state index is 10.8. The van der Waals surface area contributed by atoms with Crippen molar-refractivity contribution in [3.8, 4) is 0 Å². The number of likely N-dealkylation sites (N-methyl/N-ethyl adjacent to an activating group) is 1.